The smallest absolute Gasteiger partial charge is 0.190 e. The first-order valence-corrected chi connectivity index (χ1v) is 7.85. The molecule has 0 bridgehead atoms. The maximum atomic E-state index is 14.0. The van der Waals surface area contributed by atoms with Crippen molar-refractivity contribution in [1.29, 1.82) is 0 Å². The molecule has 0 atom stereocenters. The van der Waals surface area contributed by atoms with E-state index >= 15 is 0 Å². The Morgan fingerprint density at radius 2 is 1.70 bits per heavy atom. The number of anilines is 1. The van der Waals surface area contributed by atoms with Gasteiger partial charge in [-0.2, -0.15) is 0 Å². The lowest BCUT2D eigenvalue weighted by Gasteiger charge is -2.11. The molecule has 5 heteroatoms. The predicted octanol–water partition coefficient (Wildman–Crippen LogP) is 4.65. The highest BCUT2D eigenvalue weighted by atomic mass is 19.1. The number of hydrogen-bond acceptors (Lipinski definition) is 3. The molecule has 0 saturated carbocycles. The fourth-order valence-electron chi connectivity index (χ4n) is 2.15. The van der Waals surface area contributed by atoms with Gasteiger partial charge in [-0.15, -0.1) is 0 Å². The second kappa shape index (κ2) is 9.10. The monoisotopic (exact) mass is 320 g/mol. The molecule has 0 aliphatic heterocycles. The Bertz CT molecular complexity index is 582. The van der Waals surface area contributed by atoms with Gasteiger partial charge in [0.25, 0.3) is 0 Å². The van der Waals surface area contributed by atoms with Crippen molar-refractivity contribution in [2.75, 3.05) is 12.0 Å². The summed E-state index contributed by atoms with van der Waals surface area (Å²) in [5.74, 6) is -1.63. The summed E-state index contributed by atoms with van der Waals surface area (Å²) in [5.41, 5.74) is 7.28. The minimum absolute atomic E-state index is 0.291. The van der Waals surface area contributed by atoms with E-state index < -0.39 is 11.6 Å². The number of benzene rings is 2. The van der Waals surface area contributed by atoms with Crippen molar-refractivity contribution in [2.24, 2.45) is 0 Å². The van der Waals surface area contributed by atoms with Crippen molar-refractivity contribution < 1.29 is 13.5 Å². The van der Waals surface area contributed by atoms with Crippen LogP contribution in [0.4, 0.5) is 14.5 Å². The zero-order valence-corrected chi connectivity index (χ0v) is 13.2. The lowest BCUT2D eigenvalue weighted by Crippen LogP contribution is -2.21. The average Bonchev–Trinajstić information content (AvgIpc) is 2.54. The number of hydrazine groups is 1. The SMILES string of the molecule is CCCCCOc1c(F)cc(CNNc2ccccc2)cc1F. The standard InChI is InChI=1S/C18H22F2N2O/c1-2-3-7-10-23-18-16(19)11-14(12-17(18)20)13-21-22-15-8-5-4-6-9-15/h4-6,8-9,11-12,21-22H,2-3,7,10,13H2,1H3. The zero-order chi connectivity index (χ0) is 16.5. The molecule has 0 spiro atoms. The molecule has 0 fully saturated rings. The number of halogens is 2. The summed E-state index contributed by atoms with van der Waals surface area (Å²) < 4.78 is 33.1. The molecule has 23 heavy (non-hydrogen) atoms. The van der Waals surface area contributed by atoms with Crippen molar-refractivity contribution in [2.45, 2.75) is 32.7 Å². The number of ether oxygens (including phenoxy) is 1. The molecule has 2 aromatic carbocycles. The van der Waals surface area contributed by atoms with Gasteiger partial charge >= 0.3 is 0 Å². The molecule has 0 amide bonds. The Balaban J connectivity index is 1.88. The van der Waals surface area contributed by atoms with Crippen LogP contribution < -0.4 is 15.6 Å². The maximum Gasteiger partial charge on any atom is 0.190 e. The van der Waals surface area contributed by atoms with Gasteiger partial charge in [0.1, 0.15) is 0 Å². The molecular weight excluding hydrogens is 298 g/mol. The maximum absolute atomic E-state index is 14.0. The van der Waals surface area contributed by atoms with Crippen molar-refractivity contribution in [3.8, 4) is 5.75 Å². The third-order valence-electron chi connectivity index (χ3n) is 3.35. The lowest BCUT2D eigenvalue weighted by atomic mass is 10.2. The van der Waals surface area contributed by atoms with Crippen LogP contribution in [-0.2, 0) is 6.54 Å². The zero-order valence-electron chi connectivity index (χ0n) is 13.2. The Morgan fingerprint density at radius 1 is 1.00 bits per heavy atom. The van der Waals surface area contributed by atoms with E-state index in [0.717, 1.165) is 24.9 Å². The molecule has 0 heterocycles. The third-order valence-corrected chi connectivity index (χ3v) is 3.35. The molecule has 2 rings (SSSR count). The number of nitrogens with one attached hydrogen (secondary N) is 2. The molecule has 0 saturated heterocycles. The van der Waals surface area contributed by atoms with Gasteiger partial charge in [-0.1, -0.05) is 38.0 Å². The highest BCUT2D eigenvalue weighted by molar-refractivity contribution is 5.41. The molecule has 0 aliphatic rings. The number of hydrogen-bond donors (Lipinski definition) is 2. The van der Waals surface area contributed by atoms with Crippen LogP contribution in [0.5, 0.6) is 5.75 Å². The third kappa shape index (κ3) is 5.53. The first kappa shape index (κ1) is 17.2. The molecule has 2 aromatic rings. The van der Waals surface area contributed by atoms with E-state index in [0.29, 0.717) is 18.7 Å². The summed E-state index contributed by atoms with van der Waals surface area (Å²) in [5, 5.41) is 0. The fraction of sp³-hybridized carbons (Fsp3) is 0.333. The Kier molecular flexibility index (Phi) is 6.81. The van der Waals surface area contributed by atoms with Crippen molar-refractivity contribution in [3.63, 3.8) is 0 Å². The molecule has 2 N–H and O–H groups in total. The molecule has 0 radical (unpaired) electrons. The quantitative estimate of drug-likeness (QED) is 0.521. The predicted molar refractivity (Wildman–Crippen MR) is 88.3 cm³/mol. The van der Waals surface area contributed by atoms with Gasteiger partial charge in [0.05, 0.1) is 6.61 Å². The summed E-state index contributed by atoms with van der Waals surface area (Å²) in [6.45, 7) is 2.68. The Labute approximate surface area is 135 Å². The van der Waals surface area contributed by atoms with E-state index in [1.165, 1.54) is 12.1 Å². The fourth-order valence-corrected chi connectivity index (χ4v) is 2.15. The summed E-state index contributed by atoms with van der Waals surface area (Å²) >= 11 is 0. The number of rotatable bonds is 9. The van der Waals surface area contributed by atoms with Crippen molar-refractivity contribution >= 4 is 5.69 Å². The number of unbranched alkanes of at least 4 members (excludes halogenated alkanes) is 2. The summed E-state index contributed by atoms with van der Waals surface area (Å²) in [7, 11) is 0. The molecule has 124 valence electrons. The van der Waals surface area contributed by atoms with E-state index in [4.69, 9.17) is 4.74 Å². The van der Waals surface area contributed by atoms with E-state index in [-0.39, 0.29) is 5.75 Å². The molecule has 3 nitrogen and oxygen atoms in total. The van der Waals surface area contributed by atoms with Gasteiger partial charge in [0.2, 0.25) is 0 Å². The normalized spacial score (nSPS) is 10.6. The van der Waals surface area contributed by atoms with Crippen LogP contribution in [0.3, 0.4) is 0 Å². The first-order valence-electron chi connectivity index (χ1n) is 7.85. The van der Waals surface area contributed by atoms with Gasteiger partial charge in [-0.3, -0.25) is 0 Å². The largest absolute Gasteiger partial charge is 0.488 e. The average molecular weight is 320 g/mol. The number of para-hydroxylation sites is 1. The van der Waals surface area contributed by atoms with Gasteiger partial charge in [-0.05, 0) is 36.2 Å². The van der Waals surface area contributed by atoms with Crippen LogP contribution >= 0.6 is 0 Å². The van der Waals surface area contributed by atoms with E-state index in [9.17, 15) is 8.78 Å². The van der Waals surface area contributed by atoms with E-state index in [1.54, 1.807) is 0 Å². The van der Waals surface area contributed by atoms with E-state index in [1.807, 2.05) is 30.3 Å². The van der Waals surface area contributed by atoms with Gasteiger partial charge in [-0.25, -0.2) is 14.2 Å². The highest BCUT2D eigenvalue weighted by Gasteiger charge is 2.12. The minimum Gasteiger partial charge on any atom is -0.488 e. The van der Waals surface area contributed by atoms with E-state index in [2.05, 4.69) is 17.8 Å². The van der Waals surface area contributed by atoms with Crippen LogP contribution in [0, 0.1) is 11.6 Å². The van der Waals surface area contributed by atoms with Gasteiger partial charge in [0, 0.05) is 12.2 Å². The van der Waals surface area contributed by atoms with Gasteiger partial charge < -0.3 is 10.2 Å². The molecule has 0 unspecified atom stereocenters. The highest BCUT2D eigenvalue weighted by Crippen LogP contribution is 2.23. The second-order valence-corrected chi connectivity index (χ2v) is 5.29. The topological polar surface area (TPSA) is 33.3 Å². The molecule has 0 aliphatic carbocycles. The Hall–Kier alpha value is -2.14. The second-order valence-electron chi connectivity index (χ2n) is 5.29. The van der Waals surface area contributed by atoms with Crippen LogP contribution in [0.2, 0.25) is 0 Å². The van der Waals surface area contributed by atoms with Crippen molar-refractivity contribution in [1.82, 2.24) is 5.43 Å². The summed E-state index contributed by atoms with van der Waals surface area (Å²) in [4.78, 5) is 0. The van der Waals surface area contributed by atoms with Crippen LogP contribution in [0.1, 0.15) is 31.7 Å². The molecule has 0 aromatic heterocycles. The minimum atomic E-state index is -0.669. The summed E-state index contributed by atoms with van der Waals surface area (Å²) in [6.07, 6.45) is 2.81. The lowest BCUT2D eigenvalue weighted by molar-refractivity contribution is 0.276. The van der Waals surface area contributed by atoms with Gasteiger partial charge in [0.15, 0.2) is 17.4 Å². The van der Waals surface area contributed by atoms with Crippen LogP contribution in [-0.4, -0.2) is 6.61 Å². The summed E-state index contributed by atoms with van der Waals surface area (Å²) in [6, 6.07) is 12.1. The van der Waals surface area contributed by atoms with Crippen molar-refractivity contribution in [3.05, 3.63) is 59.7 Å². The first-order chi connectivity index (χ1) is 11.2. The van der Waals surface area contributed by atoms with Crippen LogP contribution in [0.25, 0.3) is 0 Å². The Morgan fingerprint density at radius 3 is 2.35 bits per heavy atom. The molecular formula is C18H22F2N2O. The van der Waals surface area contributed by atoms with Crippen LogP contribution in [0.15, 0.2) is 42.5 Å².